The van der Waals surface area contributed by atoms with E-state index in [0.29, 0.717) is 36.6 Å². The van der Waals surface area contributed by atoms with Crippen molar-refractivity contribution in [2.75, 3.05) is 6.61 Å². The van der Waals surface area contributed by atoms with Gasteiger partial charge in [-0.2, -0.15) is 5.26 Å². The Balaban J connectivity index is 1.74. The van der Waals surface area contributed by atoms with Gasteiger partial charge in [0.2, 0.25) is 5.88 Å². The van der Waals surface area contributed by atoms with E-state index < -0.39 is 0 Å². The molecule has 0 atom stereocenters. The molecule has 0 amide bonds. The number of ether oxygens (including phenoxy) is 1. The third-order valence-corrected chi connectivity index (χ3v) is 6.10. The summed E-state index contributed by atoms with van der Waals surface area (Å²) in [6, 6.07) is 21.5. The minimum absolute atomic E-state index is 0.0600. The molecule has 0 saturated heterocycles. The summed E-state index contributed by atoms with van der Waals surface area (Å²) in [5, 5.41) is 9.44. The summed E-state index contributed by atoms with van der Waals surface area (Å²) in [6.45, 7) is 6.98. The minimum atomic E-state index is -0.0600. The van der Waals surface area contributed by atoms with Gasteiger partial charge in [0, 0.05) is 24.2 Å². The van der Waals surface area contributed by atoms with Gasteiger partial charge >= 0.3 is 0 Å². The summed E-state index contributed by atoms with van der Waals surface area (Å²) in [4.78, 5) is 23.2. The van der Waals surface area contributed by atoms with Crippen LogP contribution in [0.2, 0.25) is 0 Å². The Morgan fingerprint density at radius 2 is 1.72 bits per heavy atom. The third-order valence-electron chi connectivity index (χ3n) is 6.10. The van der Waals surface area contributed by atoms with Crippen molar-refractivity contribution in [3.05, 3.63) is 99.9 Å². The summed E-state index contributed by atoms with van der Waals surface area (Å²) < 4.78 is 7.25. The van der Waals surface area contributed by atoms with Crippen LogP contribution in [-0.4, -0.2) is 21.1 Å². The molecular weight excluding hydrogens is 448 g/mol. The molecule has 0 spiro atoms. The molecule has 0 aliphatic rings. The molecule has 6 nitrogen and oxygen atoms in total. The number of benzene rings is 2. The second-order valence-corrected chi connectivity index (χ2v) is 8.52. The monoisotopic (exact) mass is 478 g/mol. The van der Waals surface area contributed by atoms with E-state index in [9.17, 15) is 10.1 Å². The average molecular weight is 479 g/mol. The molecule has 0 radical (unpaired) electrons. The first-order valence-electron chi connectivity index (χ1n) is 12.4. The number of pyridine rings is 1. The van der Waals surface area contributed by atoms with Crippen LogP contribution in [0.15, 0.2) is 71.7 Å². The van der Waals surface area contributed by atoms with E-state index in [2.05, 4.69) is 18.0 Å². The Morgan fingerprint density at radius 1 is 0.972 bits per heavy atom. The summed E-state index contributed by atoms with van der Waals surface area (Å²) in [5.41, 5.74) is 5.56. The first-order chi connectivity index (χ1) is 17.6. The fourth-order valence-corrected chi connectivity index (χ4v) is 4.34. The van der Waals surface area contributed by atoms with Gasteiger partial charge in [0.25, 0.3) is 5.56 Å². The van der Waals surface area contributed by atoms with Gasteiger partial charge in [-0.15, -0.1) is 0 Å². The van der Waals surface area contributed by atoms with Crippen LogP contribution in [0.5, 0.6) is 5.88 Å². The van der Waals surface area contributed by atoms with E-state index in [4.69, 9.17) is 9.72 Å². The van der Waals surface area contributed by atoms with Crippen molar-refractivity contribution >= 4 is 0 Å². The highest BCUT2D eigenvalue weighted by atomic mass is 16.5. The first-order valence-corrected chi connectivity index (χ1v) is 12.4. The molecule has 0 N–H and O–H groups in total. The molecule has 0 fully saturated rings. The van der Waals surface area contributed by atoms with Crippen LogP contribution in [-0.2, 0) is 19.4 Å². The van der Waals surface area contributed by atoms with E-state index >= 15 is 0 Å². The van der Waals surface area contributed by atoms with E-state index in [0.717, 1.165) is 46.6 Å². The Hall–Kier alpha value is -4.24. The molecule has 0 unspecified atom stereocenters. The number of hydrogen-bond acceptors (Lipinski definition) is 5. The van der Waals surface area contributed by atoms with E-state index in [1.54, 1.807) is 16.8 Å². The van der Waals surface area contributed by atoms with Crippen LogP contribution >= 0.6 is 0 Å². The Labute approximate surface area is 211 Å². The smallest absolute Gasteiger partial charge is 0.262 e. The van der Waals surface area contributed by atoms with Gasteiger partial charge < -0.3 is 4.74 Å². The molecule has 0 bridgehead atoms. The topological polar surface area (TPSA) is 80.8 Å². The maximum absolute atomic E-state index is 13.9. The van der Waals surface area contributed by atoms with Gasteiger partial charge in [-0.25, -0.2) is 9.97 Å². The van der Waals surface area contributed by atoms with Crippen molar-refractivity contribution in [3.8, 4) is 34.2 Å². The zero-order valence-corrected chi connectivity index (χ0v) is 21.0. The molecule has 36 heavy (non-hydrogen) atoms. The molecule has 0 saturated carbocycles. The summed E-state index contributed by atoms with van der Waals surface area (Å²) in [5.74, 6) is 1.33. The average Bonchev–Trinajstić information content (AvgIpc) is 2.91. The Kier molecular flexibility index (Phi) is 7.92. The van der Waals surface area contributed by atoms with Crippen molar-refractivity contribution in [1.82, 2.24) is 14.5 Å². The second kappa shape index (κ2) is 11.5. The zero-order valence-electron chi connectivity index (χ0n) is 21.0. The maximum atomic E-state index is 13.9. The standard InChI is InChI=1S/C30H30N4O2/c1-4-9-27-33-26(5-2)29(24-16-17-28(32-19-24)36-6-3)30(35)34(27)20-21-12-14-22(15-13-21)25-11-8-7-10-23(25)18-31/h7-8,10-17,19H,4-6,9,20H2,1-3H3. The van der Waals surface area contributed by atoms with E-state index in [1.807, 2.05) is 68.4 Å². The van der Waals surface area contributed by atoms with Crippen molar-refractivity contribution in [3.63, 3.8) is 0 Å². The van der Waals surface area contributed by atoms with Gasteiger partial charge in [0.1, 0.15) is 5.82 Å². The molecule has 0 aliphatic heterocycles. The fourth-order valence-electron chi connectivity index (χ4n) is 4.34. The molecule has 182 valence electrons. The normalized spacial score (nSPS) is 10.7. The van der Waals surface area contributed by atoms with Crippen LogP contribution in [0.3, 0.4) is 0 Å². The van der Waals surface area contributed by atoms with Gasteiger partial charge in [0.15, 0.2) is 0 Å². The molecule has 2 aromatic carbocycles. The van der Waals surface area contributed by atoms with Crippen molar-refractivity contribution in [2.45, 2.75) is 46.6 Å². The SMILES string of the molecule is CCCc1nc(CC)c(-c2ccc(OCC)nc2)c(=O)n1Cc1ccc(-c2ccccc2C#N)cc1. The molecule has 0 aliphatic carbocycles. The second-order valence-electron chi connectivity index (χ2n) is 8.52. The lowest BCUT2D eigenvalue weighted by Crippen LogP contribution is -2.29. The quantitative estimate of drug-likeness (QED) is 0.303. The molecule has 4 aromatic rings. The zero-order chi connectivity index (χ0) is 25.5. The highest BCUT2D eigenvalue weighted by Crippen LogP contribution is 2.25. The lowest BCUT2D eigenvalue weighted by Gasteiger charge is -2.17. The van der Waals surface area contributed by atoms with Crippen LogP contribution in [0.25, 0.3) is 22.3 Å². The summed E-state index contributed by atoms with van der Waals surface area (Å²) >= 11 is 0. The highest BCUT2D eigenvalue weighted by molar-refractivity contribution is 5.70. The first kappa shape index (κ1) is 24.9. The van der Waals surface area contributed by atoms with Gasteiger partial charge in [-0.1, -0.05) is 56.3 Å². The molecule has 2 heterocycles. The number of rotatable bonds is 9. The maximum Gasteiger partial charge on any atom is 0.262 e. The number of nitrogens with zero attached hydrogens (tertiary/aromatic N) is 4. The van der Waals surface area contributed by atoms with Crippen LogP contribution in [0, 0.1) is 11.3 Å². The van der Waals surface area contributed by atoms with Gasteiger partial charge in [-0.05, 0) is 48.6 Å². The van der Waals surface area contributed by atoms with Crippen LogP contribution < -0.4 is 10.3 Å². The number of nitriles is 1. The predicted octanol–water partition coefficient (Wildman–Crippen LogP) is 5.81. The lowest BCUT2D eigenvalue weighted by molar-refractivity contribution is 0.327. The van der Waals surface area contributed by atoms with E-state index in [-0.39, 0.29) is 5.56 Å². The number of aromatic nitrogens is 3. The van der Waals surface area contributed by atoms with Crippen molar-refractivity contribution < 1.29 is 4.74 Å². The predicted molar refractivity (Wildman–Crippen MR) is 142 cm³/mol. The largest absolute Gasteiger partial charge is 0.478 e. The minimum Gasteiger partial charge on any atom is -0.478 e. The van der Waals surface area contributed by atoms with Gasteiger partial charge in [-0.3, -0.25) is 9.36 Å². The highest BCUT2D eigenvalue weighted by Gasteiger charge is 2.18. The molecular formula is C30H30N4O2. The number of hydrogen-bond donors (Lipinski definition) is 0. The lowest BCUT2D eigenvalue weighted by atomic mass is 9.99. The van der Waals surface area contributed by atoms with Crippen LogP contribution in [0.4, 0.5) is 0 Å². The Bertz CT molecular complexity index is 1430. The van der Waals surface area contributed by atoms with Gasteiger partial charge in [0.05, 0.1) is 36.0 Å². The Morgan fingerprint density at radius 3 is 2.36 bits per heavy atom. The van der Waals surface area contributed by atoms with Crippen LogP contribution in [0.1, 0.15) is 49.8 Å². The third kappa shape index (κ3) is 5.21. The summed E-state index contributed by atoms with van der Waals surface area (Å²) in [7, 11) is 0. The molecule has 2 aromatic heterocycles. The van der Waals surface area contributed by atoms with Crippen molar-refractivity contribution in [1.29, 1.82) is 5.26 Å². The molecule has 6 heteroatoms. The molecule has 4 rings (SSSR count). The number of aryl methyl sites for hydroxylation is 2. The van der Waals surface area contributed by atoms with Crippen molar-refractivity contribution in [2.24, 2.45) is 0 Å². The summed E-state index contributed by atoms with van der Waals surface area (Å²) in [6.07, 6.45) is 3.96. The fraction of sp³-hybridized carbons (Fsp3) is 0.267. The van der Waals surface area contributed by atoms with E-state index in [1.165, 1.54) is 0 Å².